The molecule has 0 aliphatic carbocycles. The Labute approximate surface area is 96.2 Å². The lowest BCUT2D eigenvalue weighted by Gasteiger charge is -2.17. The fourth-order valence-corrected chi connectivity index (χ4v) is 1.44. The van der Waals surface area contributed by atoms with E-state index in [1.54, 1.807) is 0 Å². The fourth-order valence-electron chi connectivity index (χ4n) is 1.44. The predicted octanol–water partition coefficient (Wildman–Crippen LogP) is 1.51. The van der Waals surface area contributed by atoms with E-state index in [-0.39, 0.29) is 11.9 Å². The summed E-state index contributed by atoms with van der Waals surface area (Å²) in [5, 5.41) is 14.7. The highest BCUT2D eigenvalue weighted by atomic mass is 16.4. The van der Waals surface area contributed by atoms with Crippen LogP contribution in [0.2, 0.25) is 0 Å². The van der Waals surface area contributed by atoms with Crippen LogP contribution in [0.5, 0.6) is 0 Å². The molecule has 4 N–H and O–H groups in total. The second-order valence-electron chi connectivity index (χ2n) is 3.97. The standard InChI is InChI=1S/C12H19N3O/c1-9(11-6-4-3-5-7-11)8-14-10(2)12(13)15-16/h3-7,9-10,14,16H,8H2,1-2H3,(H2,13,15). The Morgan fingerprint density at radius 1 is 1.38 bits per heavy atom. The SMILES string of the molecule is CC(NCC(C)c1ccccc1)/C(N)=N/O. The zero-order valence-corrected chi connectivity index (χ0v) is 9.72. The van der Waals surface area contributed by atoms with Crippen LogP contribution in [0, 0.1) is 0 Å². The molecule has 0 saturated carbocycles. The summed E-state index contributed by atoms with van der Waals surface area (Å²) in [6, 6.07) is 10.1. The Hall–Kier alpha value is -1.55. The van der Waals surface area contributed by atoms with Crippen LogP contribution in [0.4, 0.5) is 0 Å². The first-order chi connectivity index (χ1) is 7.65. The van der Waals surface area contributed by atoms with Crippen molar-refractivity contribution in [3.05, 3.63) is 35.9 Å². The molecule has 88 valence electrons. The number of oxime groups is 1. The molecule has 0 aliphatic rings. The fraction of sp³-hybridized carbons (Fsp3) is 0.417. The van der Waals surface area contributed by atoms with Crippen molar-refractivity contribution in [3.8, 4) is 0 Å². The monoisotopic (exact) mass is 221 g/mol. The predicted molar refractivity (Wildman–Crippen MR) is 65.7 cm³/mol. The lowest BCUT2D eigenvalue weighted by Crippen LogP contribution is -2.40. The minimum absolute atomic E-state index is 0.115. The molecule has 16 heavy (non-hydrogen) atoms. The average molecular weight is 221 g/mol. The highest BCUT2D eigenvalue weighted by molar-refractivity contribution is 5.84. The normalized spacial score (nSPS) is 15.8. The first-order valence-corrected chi connectivity index (χ1v) is 5.41. The van der Waals surface area contributed by atoms with Crippen molar-refractivity contribution < 1.29 is 5.21 Å². The average Bonchev–Trinajstić information content (AvgIpc) is 2.35. The molecule has 1 aromatic rings. The molecule has 4 nitrogen and oxygen atoms in total. The number of amidine groups is 1. The van der Waals surface area contributed by atoms with E-state index >= 15 is 0 Å². The topological polar surface area (TPSA) is 70.6 Å². The van der Waals surface area contributed by atoms with Crippen LogP contribution in [0.15, 0.2) is 35.5 Å². The summed E-state index contributed by atoms with van der Waals surface area (Å²) in [5.41, 5.74) is 6.76. The van der Waals surface area contributed by atoms with E-state index in [9.17, 15) is 0 Å². The maximum atomic E-state index is 8.51. The van der Waals surface area contributed by atoms with E-state index in [1.807, 2.05) is 25.1 Å². The number of nitrogens with zero attached hydrogens (tertiary/aromatic N) is 1. The van der Waals surface area contributed by atoms with Crippen molar-refractivity contribution in [3.63, 3.8) is 0 Å². The van der Waals surface area contributed by atoms with E-state index in [0.29, 0.717) is 5.92 Å². The first kappa shape index (κ1) is 12.5. The van der Waals surface area contributed by atoms with Gasteiger partial charge in [-0.05, 0) is 18.4 Å². The second-order valence-corrected chi connectivity index (χ2v) is 3.97. The summed E-state index contributed by atoms with van der Waals surface area (Å²) in [4.78, 5) is 0. The number of nitrogens with two attached hydrogens (primary N) is 1. The summed E-state index contributed by atoms with van der Waals surface area (Å²) in [7, 11) is 0. The quantitative estimate of drug-likeness (QED) is 0.305. The molecule has 0 aromatic heterocycles. The van der Waals surface area contributed by atoms with Crippen LogP contribution >= 0.6 is 0 Å². The molecule has 2 atom stereocenters. The van der Waals surface area contributed by atoms with Crippen molar-refractivity contribution >= 4 is 5.84 Å². The maximum absolute atomic E-state index is 8.51. The minimum Gasteiger partial charge on any atom is -0.409 e. The van der Waals surface area contributed by atoms with Gasteiger partial charge < -0.3 is 16.3 Å². The summed E-state index contributed by atoms with van der Waals surface area (Å²) in [6.07, 6.45) is 0. The molecule has 0 radical (unpaired) electrons. The Balaban J connectivity index is 2.45. The molecule has 1 aromatic carbocycles. The summed E-state index contributed by atoms with van der Waals surface area (Å²) >= 11 is 0. The van der Waals surface area contributed by atoms with Crippen LogP contribution in [0.3, 0.4) is 0 Å². The highest BCUT2D eigenvalue weighted by Gasteiger charge is 2.09. The largest absolute Gasteiger partial charge is 0.409 e. The third-order valence-corrected chi connectivity index (χ3v) is 2.66. The van der Waals surface area contributed by atoms with Gasteiger partial charge in [-0.25, -0.2) is 0 Å². The molecule has 0 bridgehead atoms. The van der Waals surface area contributed by atoms with Crippen LogP contribution in [0.1, 0.15) is 25.3 Å². The van der Waals surface area contributed by atoms with Gasteiger partial charge in [0.2, 0.25) is 0 Å². The molecule has 4 heteroatoms. The van der Waals surface area contributed by atoms with Gasteiger partial charge in [0.25, 0.3) is 0 Å². The van der Waals surface area contributed by atoms with Gasteiger partial charge in [-0.1, -0.05) is 42.4 Å². The van der Waals surface area contributed by atoms with Gasteiger partial charge in [0, 0.05) is 6.54 Å². The van der Waals surface area contributed by atoms with Crippen LogP contribution < -0.4 is 11.1 Å². The summed E-state index contributed by atoms with van der Waals surface area (Å²) in [6.45, 7) is 4.80. The number of hydrogen-bond donors (Lipinski definition) is 3. The Morgan fingerprint density at radius 2 is 2.00 bits per heavy atom. The van der Waals surface area contributed by atoms with Crippen molar-refractivity contribution in [2.45, 2.75) is 25.8 Å². The van der Waals surface area contributed by atoms with Gasteiger partial charge in [-0.2, -0.15) is 0 Å². The van der Waals surface area contributed by atoms with Crippen molar-refractivity contribution in [2.24, 2.45) is 10.9 Å². The zero-order valence-electron chi connectivity index (χ0n) is 9.72. The van der Waals surface area contributed by atoms with Gasteiger partial charge in [0.15, 0.2) is 5.84 Å². The molecular weight excluding hydrogens is 202 g/mol. The molecule has 0 heterocycles. The Kier molecular flexibility index (Phi) is 4.79. The van der Waals surface area contributed by atoms with Crippen LogP contribution in [-0.2, 0) is 0 Å². The van der Waals surface area contributed by atoms with Gasteiger partial charge in [-0.3, -0.25) is 0 Å². The Bertz CT molecular complexity index is 337. The lowest BCUT2D eigenvalue weighted by atomic mass is 10.0. The summed E-state index contributed by atoms with van der Waals surface area (Å²) in [5.74, 6) is 0.607. The van der Waals surface area contributed by atoms with Gasteiger partial charge in [0.05, 0.1) is 6.04 Å². The number of rotatable bonds is 5. The molecule has 0 spiro atoms. The molecule has 1 rings (SSSR count). The zero-order chi connectivity index (χ0) is 12.0. The molecular formula is C12H19N3O. The number of benzene rings is 1. The van der Waals surface area contributed by atoms with Gasteiger partial charge >= 0.3 is 0 Å². The molecule has 0 saturated heterocycles. The van der Waals surface area contributed by atoms with E-state index in [2.05, 4.69) is 29.5 Å². The van der Waals surface area contributed by atoms with Crippen molar-refractivity contribution in [1.82, 2.24) is 5.32 Å². The summed E-state index contributed by atoms with van der Waals surface area (Å²) < 4.78 is 0. The van der Waals surface area contributed by atoms with Crippen LogP contribution in [-0.4, -0.2) is 23.6 Å². The molecule has 0 aliphatic heterocycles. The van der Waals surface area contributed by atoms with Crippen molar-refractivity contribution in [1.29, 1.82) is 0 Å². The second kappa shape index (κ2) is 6.12. The smallest absolute Gasteiger partial charge is 0.156 e. The van der Waals surface area contributed by atoms with Crippen LogP contribution in [0.25, 0.3) is 0 Å². The molecule has 2 unspecified atom stereocenters. The van der Waals surface area contributed by atoms with E-state index < -0.39 is 0 Å². The minimum atomic E-state index is -0.115. The third kappa shape index (κ3) is 3.55. The first-order valence-electron chi connectivity index (χ1n) is 5.41. The van der Waals surface area contributed by atoms with Crippen molar-refractivity contribution in [2.75, 3.05) is 6.54 Å². The molecule has 0 fully saturated rings. The van der Waals surface area contributed by atoms with E-state index in [4.69, 9.17) is 10.9 Å². The third-order valence-electron chi connectivity index (χ3n) is 2.66. The number of nitrogens with one attached hydrogen (secondary N) is 1. The highest BCUT2D eigenvalue weighted by Crippen LogP contribution is 2.13. The lowest BCUT2D eigenvalue weighted by molar-refractivity contribution is 0.315. The van der Waals surface area contributed by atoms with Gasteiger partial charge in [0.1, 0.15) is 0 Å². The molecule has 0 amide bonds. The van der Waals surface area contributed by atoms with Gasteiger partial charge in [-0.15, -0.1) is 0 Å². The van der Waals surface area contributed by atoms with E-state index in [0.717, 1.165) is 6.54 Å². The maximum Gasteiger partial charge on any atom is 0.156 e. The number of hydrogen-bond acceptors (Lipinski definition) is 3. The van der Waals surface area contributed by atoms with E-state index in [1.165, 1.54) is 5.56 Å². The Morgan fingerprint density at radius 3 is 2.56 bits per heavy atom.